The van der Waals surface area contributed by atoms with Gasteiger partial charge in [0.2, 0.25) is 0 Å². The first-order chi connectivity index (χ1) is 5.84. The summed E-state index contributed by atoms with van der Waals surface area (Å²) < 4.78 is 1.72. The molecule has 0 spiro atoms. The summed E-state index contributed by atoms with van der Waals surface area (Å²) in [6.45, 7) is 0. The fourth-order valence-corrected chi connectivity index (χ4v) is 0.826. The van der Waals surface area contributed by atoms with Crippen molar-refractivity contribution in [3.63, 3.8) is 0 Å². The van der Waals surface area contributed by atoms with Gasteiger partial charge in [-0.1, -0.05) is 0 Å². The fourth-order valence-electron chi connectivity index (χ4n) is 0.650. The van der Waals surface area contributed by atoms with E-state index in [1.807, 2.05) is 7.05 Å². The van der Waals surface area contributed by atoms with Crippen LogP contribution in [0.3, 0.4) is 0 Å². The van der Waals surface area contributed by atoms with Crippen LogP contribution in [0.5, 0.6) is 0 Å². The van der Waals surface area contributed by atoms with Crippen LogP contribution in [0.15, 0.2) is 31.1 Å². The first-order valence-corrected chi connectivity index (χ1v) is 3.86. The Morgan fingerprint density at radius 1 is 1.58 bits per heavy atom. The maximum atomic E-state index is 5.02. The first kappa shape index (κ1) is 8.73. The molecule has 0 saturated heterocycles. The lowest BCUT2D eigenvalue weighted by molar-refractivity contribution is 1.04. The van der Waals surface area contributed by atoms with Gasteiger partial charge in [-0.25, -0.2) is 4.98 Å². The summed E-state index contributed by atoms with van der Waals surface area (Å²) in [7, 11) is 1.82. The van der Waals surface area contributed by atoms with Gasteiger partial charge in [0.25, 0.3) is 0 Å². The van der Waals surface area contributed by atoms with Crippen molar-refractivity contribution in [3.8, 4) is 0 Å². The topological polar surface area (TPSA) is 41.9 Å². The van der Waals surface area contributed by atoms with Crippen LogP contribution in [-0.4, -0.2) is 21.7 Å². The molecular formula is C7H10N4S. The molecule has 1 heterocycles. The van der Waals surface area contributed by atoms with Gasteiger partial charge >= 0.3 is 0 Å². The van der Waals surface area contributed by atoms with Crippen molar-refractivity contribution in [2.24, 2.45) is 0 Å². The smallest absolute Gasteiger partial charge is 0.182 e. The van der Waals surface area contributed by atoms with Gasteiger partial charge in [-0.15, -0.1) is 0 Å². The molecular weight excluding hydrogens is 172 g/mol. The average Bonchev–Trinajstić information content (AvgIpc) is 2.56. The van der Waals surface area contributed by atoms with Crippen molar-refractivity contribution in [2.75, 3.05) is 7.05 Å². The molecule has 0 aliphatic carbocycles. The van der Waals surface area contributed by atoms with Crippen LogP contribution < -0.4 is 10.6 Å². The first-order valence-electron chi connectivity index (χ1n) is 3.45. The molecule has 0 radical (unpaired) electrons. The van der Waals surface area contributed by atoms with E-state index in [1.165, 1.54) is 0 Å². The molecule has 0 saturated carbocycles. The Hall–Kier alpha value is -1.36. The third-order valence-corrected chi connectivity index (χ3v) is 1.52. The molecule has 1 aromatic rings. The maximum Gasteiger partial charge on any atom is 0.182 e. The minimum atomic E-state index is 0.596. The molecule has 0 aliphatic rings. The van der Waals surface area contributed by atoms with Crippen LogP contribution in [0.1, 0.15) is 0 Å². The molecule has 0 bridgehead atoms. The molecule has 1 aromatic heterocycles. The zero-order chi connectivity index (χ0) is 8.81. The number of hydrogen-bond acceptors (Lipinski definition) is 3. The number of thiocarbonyl (C=S) groups is 1. The van der Waals surface area contributed by atoms with Crippen molar-refractivity contribution in [1.29, 1.82) is 0 Å². The van der Waals surface area contributed by atoms with E-state index in [9.17, 15) is 0 Å². The fraction of sp³-hybridized carbons (Fsp3) is 0.143. The number of aromatic nitrogens is 2. The van der Waals surface area contributed by atoms with Gasteiger partial charge < -0.3 is 10.6 Å². The highest BCUT2D eigenvalue weighted by molar-refractivity contribution is 7.80. The van der Waals surface area contributed by atoms with E-state index >= 15 is 0 Å². The molecule has 0 atom stereocenters. The van der Waals surface area contributed by atoms with Gasteiger partial charge in [0.15, 0.2) is 5.11 Å². The minimum Gasteiger partial charge on any atom is -0.393 e. The third kappa shape index (κ3) is 2.35. The zero-order valence-corrected chi connectivity index (χ0v) is 7.51. The Kier molecular flexibility index (Phi) is 3.28. The van der Waals surface area contributed by atoms with E-state index in [-0.39, 0.29) is 0 Å². The largest absolute Gasteiger partial charge is 0.393 e. The quantitative estimate of drug-likeness (QED) is 0.645. The molecule has 4 nitrogen and oxygen atoms in total. The van der Waals surface area contributed by atoms with E-state index in [1.54, 1.807) is 35.7 Å². The summed E-state index contributed by atoms with van der Waals surface area (Å²) in [5.74, 6) is 0. The Balaban J connectivity index is 2.45. The van der Waals surface area contributed by atoms with E-state index in [0.717, 1.165) is 0 Å². The number of imidazole rings is 1. The number of nitrogens with zero attached hydrogens (tertiary/aromatic N) is 2. The molecule has 0 aliphatic heterocycles. The van der Waals surface area contributed by atoms with Crippen molar-refractivity contribution in [1.82, 2.24) is 20.2 Å². The molecule has 64 valence electrons. The Labute approximate surface area is 76.3 Å². The number of nitrogens with one attached hydrogen (secondary N) is 2. The molecule has 0 aromatic carbocycles. The molecule has 0 amide bonds. The Morgan fingerprint density at radius 3 is 3.00 bits per heavy atom. The SMILES string of the molecule is CN/C=C\NC(=S)n1ccnc1. The normalized spacial score (nSPS) is 10.1. The van der Waals surface area contributed by atoms with Gasteiger partial charge in [0.05, 0.1) is 0 Å². The Bertz CT molecular complexity index is 265. The van der Waals surface area contributed by atoms with Crippen LogP contribution in [-0.2, 0) is 0 Å². The molecule has 0 fully saturated rings. The van der Waals surface area contributed by atoms with E-state index < -0.39 is 0 Å². The second kappa shape index (κ2) is 4.50. The van der Waals surface area contributed by atoms with Crippen LogP contribution in [0.4, 0.5) is 0 Å². The molecule has 2 N–H and O–H groups in total. The van der Waals surface area contributed by atoms with Gasteiger partial charge in [0.1, 0.15) is 6.33 Å². The lowest BCUT2D eigenvalue weighted by atomic mass is 10.8. The van der Waals surface area contributed by atoms with Crippen molar-refractivity contribution >= 4 is 17.3 Å². The van der Waals surface area contributed by atoms with Crippen molar-refractivity contribution < 1.29 is 0 Å². The number of rotatable bonds is 2. The second-order valence-corrected chi connectivity index (χ2v) is 2.43. The summed E-state index contributed by atoms with van der Waals surface area (Å²) in [6.07, 6.45) is 8.58. The van der Waals surface area contributed by atoms with Crippen LogP contribution >= 0.6 is 12.2 Å². The third-order valence-electron chi connectivity index (χ3n) is 1.20. The summed E-state index contributed by atoms with van der Waals surface area (Å²) in [5.41, 5.74) is 0. The summed E-state index contributed by atoms with van der Waals surface area (Å²) in [4.78, 5) is 3.87. The lowest BCUT2D eigenvalue weighted by Gasteiger charge is -2.01. The van der Waals surface area contributed by atoms with Crippen LogP contribution in [0, 0.1) is 0 Å². The summed E-state index contributed by atoms with van der Waals surface area (Å²) in [5, 5.41) is 6.33. The van der Waals surface area contributed by atoms with Gasteiger partial charge in [-0.05, 0) is 12.2 Å². The highest BCUT2D eigenvalue weighted by Crippen LogP contribution is 1.84. The predicted octanol–water partition coefficient (Wildman–Crippen LogP) is 0.296. The average molecular weight is 182 g/mol. The summed E-state index contributed by atoms with van der Waals surface area (Å²) >= 11 is 5.02. The predicted molar refractivity (Wildman–Crippen MR) is 51.6 cm³/mol. The monoisotopic (exact) mass is 182 g/mol. The van der Waals surface area contributed by atoms with E-state index in [4.69, 9.17) is 12.2 Å². The number of hydrogen-bond donors (Lipinski definition) is 2. The van der Waals surface area contributed by atoms with Crippen LogP contribution in [0.2, 0.25) is 0 Å². The molecule has 5 heteroatoms. The highest BCUT2D eigenvalue weighted by atomic mass is 32.1. The van der Waals surface area contributed by atoms with Gasteiger partial charge in [-0.3, -0.25) is 4.57 Å². The van der Waals surface area contributed by atoms with E-state index in [2.05, 4.69) is 15.6 Å². The van der Waals surface area contributed by atoms with Gasteiger partial charge in [0, 0.05) is 31.8 Å². The molecule has 0 unspecified atom stereocenters. The summed E-state index contributed by atoms with van der Waals surface area (Å²) in [6, 6.07) is 0. The standard InChI is InChI=1S/C7H10N4S/c1-8-2-3-10-7(12)11-5-4-9-6-11/h2-6,8H,1H3,(H,10,12)/b3-2-. The maximum absolute atomic E-state index is 5.02. The van der Waals surface area contributed by atoms with Gasteiger partial charge in [-0.2, -0.15) is 0 Å². The minimum absolute atomic E-state index is 0.596. The van der Waals surface area contributed by atoms with Crippen molar-refractivity contribution in [2.45, 2.75) is 0 Å². The van der Waals surface area contributed by atoms with Crippen molar-refractivity contribution in [3.05, 3.63) is 31.1 Å². The lowest BCUT2D eigenvalue weighted by Crippen LogP contribution is -2.22. The molecule has 1 rings (SSSR count). The zero-order valence-electron chi connectivity index (χ0n) is 6.69. The van der Waals surface area contributed by atoms with Crippen LogP contribution in [0.25, 0.3) is 0 Å². The Morgan fingerprint density at radius 2 is 2.42 bits per heavy atom. The molecule has 12 heavy (non-hydrogen) atoms. The highest BCUT2D eigenvalue weighted by Gasteiger charge is 1.92. The second-order valence-electron chi connectivity index (χ2n) is 2.04. The van der Waals surface area contributed by atoms with E-state index in [0.29, 0.717) is 5.11 Å².